The summed E-state index contributed by atoms with van der Waals surface area (Å²) in [6.07, 6.45) is 1.58. The van der Waals surface area contributed by atoms with Gasteiger partial charge in [-0.25, -0.2) is 4.39 Å². The molecule has 0 saturated heterocycles. The maximum absolute atomic E-state index is 13.9. The van der Waals surface area contributed by atoms with Crippen LogP contribution < -0.4 is 0 Å². The monoisotopic (exact) mass is 401 g/mol. The number of carboxylic acid groups (broad SMARTS) is 1. The molecule has 2 aromatic rings. The normalized spacial score (nSPS) is 12.2. The van der Waals surface area contributed by atoms with Gasteiger partial charge < -0.3 is 5.11 Å². The summed E-state index contributed by atoms with van der Waals surface area (Å²) in [6, 6.07) is 8.49. The average Bonchev–Trinajstić information content (AvgIpc) is 2.36. The number of pyridine rings is 1. The fourth-order valence-corrected chi connectivity index (χ4v) is 2.63. The van der Waals surface area contributed by atoms with Crippen LogP contribution in [0.25, 0.3) is 0 Å². The van der Waals surface area contributed by atoms with Crippen LogP contribution in [0.4, 0.5) is 4.39 Å². The topological polar surface area (TPSA) is 50.2 Å². The van der Waals surface area contributed by atoms with Crippen LogP contribution in [0.2, 0.25) is 0 Å². The van der Waals surface area contributed by atoms with E-state index in [4.69, 9.17) is 0 Å². The van der Waals surface area contributed by atoms with Crippen LogP contribution in [0.15, 0.2) is 45.5 Å². The van der Waals surface area contributed by atoms with Gasteiger partial charge in [0.1, 0.15) is 11.7 Å². The lowest BCUT2D eigenvalue weighted by Gasteiger charge is -2.13. The first-order valence-electron chi connectivity index (χ1n) is 5.75. The molecule has 0 amide bonds. The van der Waals surface area contributed by atoms with Crippen molar-refractivity contribution in [2.24, 2.45) is 0 Å². The Morgan fingerprint density at radius 2 is 2.05 bits per heavy atom. The van der Waals surface area contributed by atoms with Crippen LogP contribution in [0.1, 0.15) is 17.2 Å². The minimum absolute atomic E-state index is 0.0549. The van der Waals surface area contributed by atoms with Crippen molar-refractivity contribution in [3.63, 3.8) is 0 Å². The van der Waals surface area contributed by atoms with Crippen LogP contribution in [0, 0.1) is 5.82 Å². The van der Waals surface area contributed by atoms with E-state index in [0.29, 0.717) is 4.47 Å². The third-order valence-electron chi connectivity index (χ3n) is 2.79. The third kappa shape index (κ3) is 3.64. The highest BCUT2D eigenvalue weighted by Gasteiger charge is 2.25. The van der Waals surface area contributed by atoms with Crippen molar-refractivity contribution in [1.29, 1.82) is 0 Å². The zero-order chi connectivity index (χ0) is 14.7. The molecule has 0 radical (unpaired) electrons. The number of aromatic nitrogens is 1. The lowest BCUT2D eigenvalue weighted by Crippen LogP contribution is -2.17. The molecule has 1 unspecified atom stereocenters. The van der Waals surface area contributed by atoms with Gasteiger partial charge in [0.05, 0.1) is 5.69 Å². The molecule has 3 nitrogen and oxygen atoms in total. The van der Waals surface area contributed by atoms with E-state index in [2.05, 4.69) is 36.8 Å². The molecule has 6 heteroatoms. The molecule has 0 aliphatic heterocycles. The van der Waals surface area contributed by atoms with E-state index in [-0.39, 0.29) is 12.1 Å². The number of rotatable bonds is 4. The molecule has 2 rings (SSSR count). The Balaban J connectivity index is 2.34. The highest BCUT2D eigenvalue weighted by Crippen LogP contribution is 2.25. The van der Waals surface area contributed by atoms with Gasteiger partial charge in [-0.1, -0.05) is 28.1 Å². The third-order valence-corrected chi connectivity index (χ3v) is 3.72. The summed E-state index contributed by atoms with van der Waals surface area (Å²) >= 11 is 6.43. The zero-order valence-corrected chi connectivity index (χ0v) is 13.4. The molecule has 1 heterocycles. The summed E-state index contributed by atoms with van der Waals surface area (Å²) in [4.78, 5) is 15.3. The summed E-state index contributed by atoms with van der Waals surface area (Å²) in [5, 5.41) is 9.32. The minimum atomic E-state index is -1.10. The SMILES string of the molecule is O=C(O)C(Cc1cccc(Br)c1)c1ncc(Br)cc1F. The molecule has 1 aromatic carbocycles. The van der Waals surface area contributed by atoms with Crippen molar-refractivity contribution in [2.45, 2.75) is 12.3 Å². The molecule has 104 valence electrons. The van der Waals surface area contributed by atoms with E-state index >= 15 is 0 Å². The first-order chi connectivity index (χ1) is 9.47. The Hall–Kier alpha value is -1.27. The van der Waals surface area contributed by atoms with E-state index in [9.17, 15) is 14.3 Å². The predicted molar refractivity (Wildman–Crippen MR) is 80.1 cm³/mol. The molecule has 0 fully saturated rings. The number of carboxylic acids is 1. The number of halogens is 3. The Bertz CT molecular complexity index is 649. The van der Waals surface area contributed by atoms with Crippen LogP contribution >= 0.6 is 31.9 Å². The van der Waals surface area contributed by atoms with Gasteiger partial charge >= 0.3 is 5.97 Å². The van der Waals surface area contributed by atoms with Crippen molar-refractivity contribution in [1.82, 2.24) is 4.98 Å². The second-order valence-electron chi connectivity index (χ2n) is 4.25. The Labute approximate surface area is 132 Å². The van der Waals surface area contributed by atoms with Gasteiger partial charge in [0.2, 0.25) is 0 Å². The van der Waals surface area contributed by atoms with Gasteiger partial charge in [0.25, 0.3) is 0 Å². The fourth-order valence-electron chi connectivity index (χ4n) is 1.88. The summed E-state index contributed by atoms with van der Waals surface area (Å²) in [5.74, 6) is -2.74. The second kappa shape index (κ2) is 6.45. The Morgan fingerprint density at radius 3 is 2.65 bits per heavy atom. The first kappa shape index (κ1) is 15.1. The van der Waals surface area contributed by atoms with Gasteiger partial charge in [0.15, 0.2) is 0 Å². The van der Waals surface area contributed by atoms with E-state index in [1.807, 2.05) is 18.2 Å². The maximum atomic E-state index is 13.9. The lowest BCUT2D eigenvalue weighted by atomic mass is 9.95. The number of hydrogen-bond donors (Lipinski definition) is 1. The predicted octanol–water partition coefficient (Wildman–Crippen LogP) is 4.16. The molecule has 20 heavy (non-hydrogen) atoms. The van der Waals surface area contributed by atoms with E-state index in [0.717, 1.165) is 10.0 Å². The molecule has 1 aromatic heterocycles. The van der Waals surface area contributed by atoms with Crippen molar-refractivity contribution in [3.05, 3.63) is 62.5 Å². The molecule has 0 saturated carbocycles. The molecule has 0 spiro atoms. The molecule has 0 aliphatic carbocycles. The number of hydrogen-bond acceptors (Lipinski definition) is 2. The van der Waals surface area contributed by atoms with Crippen LogP contribution in [-0.4, -0.2) is 16.1 Å². The maximum Gasteiger partial charge on any atom is 0.313 e. The number of benzene rings is 1. The lowest BCUT2D eigenvalue weighted by molar-refractivity contribution is -0.138. The summed E-state index contributed by atoms with van der Waals surface area (Å²) in [6.45, 7) is 0. The molecule has 0 aliphatic rings. The Morgan fingerprint density at radius 1 is 1.30 bits per heavy atom. The quantitative estimate of drug-likeness (QED) is 0.835. The zero-order valence-electron chi connectivity index (χ0n) is 10.2. The van der Waals surface area contributed by atoms with Crippen molar-refractivity contribution < 1.29 is 14.3 Å². The standard InChI is InChI=1S/C14H10Br2FNO2/c15-9-3-1-2-8(4-9)5-11(14(19)20)13-12(17)6-10(16)7-18-13/h1-4,6-7,11H,5H2,(H,19,20). The van der Waals surface area contributed by atoms with Crippen molar-refractivity contribution in [3.8, 4) is 0 Å². The molecular weight excluding hydrogens is 393 g/mol. The van der Waals surface area contributed by atoms with Gasteiger partial charge in [-0.05, 0) is 46.1 Å². The smallest absolute Gasteiger partial charge is 0.313 e. The highest BCUT2D eigenvalue weighted by molar-refractivity contribution is 9.10. The van der Waals surface area contributed by atoms with Gasteiger partial charge in [-0.2, -0.15) is 0 Å². The fraction of sp³-hybridized carbons (Fsp3) is 0.143. The molecular formula is C14H10Br2FNO2. The summed E-state index contributed by atoms with van der Waals surface area (Å²) in [5.41, 5.74) is 0.747. The highest BCUT2D eigenvalue weighted by atomic mass is 79.9. The van der Waals surface area contributed by atoms with E-state index < -0.39 is 17.7 Å². The summed E-state index contributed by atoms with van der Waals surface area (Å²) in [7, 11) is 0. The van der Waals surface area contributed by atoms with Crippen molar-refractivity contribution in [2.75, 3.05) is 0 Å². The van der Waals surface area contributed by atoms with Gasteiger partial charge in [0, 0.05) is 15.1 Å². The second-order valence-corrected chi connectivity index (χ2v) is 6.08. The van der Waals surface area contributed by atoms with Crippen molar-refractivity contribution >= 4 is 37.8 Å². The molecule has 1 atom stereocenters. The first-order valence-corrected chi connectivity index (χ1v) is 7.34. The summed E-state index contributed by atoms with van der Waals surface area (Å²) < 4.78 is 15.2. The number of carbonyl (C=O) groups is 1. The van der Waals surface area contributed by atoms with Crippen LogP contribution in [0.3, 0.4) is 0 Å². The Kier molecular flexibility index (Phi) is 4.88. The largest absolute Gasteiger partial charge is 0.481 e. The van der Waals surface area contributed by atoms with Gasteiger partial charge in [-0.15, -0.1) is 0 Å². The molecule has 0 bridgehead atoms. The van der Waals surface area contributed by atoms with Crippen LogP contribution in [0.5, 0.6) is 0 Å². The van der Waals surface area contributed by atoms with Gasteiger partial charge in [-0.3, -0.25) is 9.78 Å². The van der Waals surface area contributed by atoms with Crippen LogP contribution in [-0.2, 0) is 11.2 Å². The number of nitrogens with zero attached hydrogens (tertiary/aromatic N) is 1. The van der Waals surface area contributed by atoms with E-state index in [1.165, 1.54) is 12.3 Å². The average molecular weight is 403 g/mol. The van der Waals surface area contributed by atoms with E-state index in [1.54, 1.807) is 6.07 Å². The number of aliphatic carboxylic acids is 1. The minimum Gasteiger partial charge on any atom is -0.481 e. The molecule has 1 N–H and O–H groups in total.